The molecule has 180 valence electrons. The number of Topliss-reactive ketones (excluding diaryl/α,β-unsaturated/α-hetero) is 1. The number of nitrogens with zero attached hydrogens (tertiary/aromatic N) is 2. The molecule has 0 saturated carbocycles. The van der Waals surface area contributed by atoms with Crippen LogP contribution < -0.4 is 0 Å². The molecular formula is C25H28N2O7. The van der Waals surface area contributed by atoms with Crippen molar-refractivity contribution in [2.24, 2.45) is 0 Å². The summed E-state index contributed by atoms with van der Waals surface area (Å²) in [5.74, 6) is -2.16. The summed E-state index contributed by atoms with van der Waals surface area (Å²) >= 11 is 0. The number of nitro groups is 1. The number of ketones is 1. The van der Waals surface area contributed by atoms with Crippen molar-refractivity contribution < 1.29 is 29.5 Å². The summed E-state index contributed by atoms with van der Waals surface area (Å²) in [6, 6.07) is 11.8. The van der Waals surface area contributed by atoms with E-state index in [0.717, 1.165) is 11.6 Å². The van der Waals surface area contributed by atoms with E-state index in [2.05, 4.69) is 20.8 Å². The number of aliphatic hydroxyl groups excluding tert-OH is 2. The standard InChI is InChI=1S/C25H28N2O7/c1-25(2,3)18-9-7-16(8-10-18)21-20(22(29)17-5-4-6-19(15-17)27(32)33)23(30)24(31)26(21)11-13-34-14-12-28/h4-10,15,21,28-29H,11-14H2,1-3H3/b22-20-. The van der Waals surface area contributed by atoms with E-state index in [4.69, 9.17) is 9.84 Å². The number of benzene rings is 2. The Morgan fingerprint density at radius 1 is 1.12 bits per heavy atom. The fraction of sp³-hybridized carbons (Fsp3) is 0.360. The SMILES string of the molecule is CC(C)(C)c1ccc(C2/C(=C(/O)c3cccc([N+](=O)[O-])c3)C(=O)C(=O)N2CCOCCO)cc1. The topological polar surface area (TPSA) is 130 Å². The Morgan fingerprint density at radius 3 is 2.38 bits per heavy atom. The van der Waals surface area contributed by atoms with Gasteiger partial charge >= 0.3 is 0 Å². The predicted octanol–water partition coefficient (Wildman–Crippen LogP) is 3.32. The second-order valence-corrected chi connectivity index (χ2v) is 9.01. The Kier molecular flexibility index (Phi) is 7.48. The van der Waals surface area contributed by atoms with Gasteiger partial charge in [-0.2, -0.15) is 0 Å². The van der Waals surface area contributed by atoms with Gasteiger partial charge in [-0.15, -0.1) is 0 Å². The molecule has 1 heterocycles. The molecule has 1 aliphatic rings. The molecule has 1 fully saturated rings. The van der Waals surface area contributed by atoms with Crippen LogP contribution in [0.1, 0.15) is 43.5 Å². The van der Waals surface area contributed by atoms with Crippen LogP contribution in [0.15, 0.2) is 54.1 Å². The number of amides is 1. The molecular weight excluding hydrogens is 440 g/mol. The minimum Gasteiger partial charge on any atom is -0.507 e. The Morgan fingerprint density at radius 2 is 1.79 bits per heavy atom. The van der Waals surface area contributed by atoms with Crippen LogP contribution in [0.4, 0.5) is 5.69 Å². The molecule has 1 saturated heterocycles. The number of hydrogen-bond acceptors (Lipinski definition) is 7. The van der Waals surface area contributed by atoms with E-state index in [1.165, 1.54) is 23.1 Å². The maximum Gasteiger partial charge on any atom is 0.295 e. The zero-order valence-corrected chi connectivity index (χ0v) is 19.4. The van der Waals surface area contributed by atoms with Crippen molar-refractivity contribution in [3.63, 3.8) is 0 Å². The first-order valence-electron chi connectivity index (χ1n) is 10.9. The fourth-order valence-electron chi connectivity index (χ4n) is 3.87. The number of nitro benzene ring substituents is 1. The molecule has 3 rings (SSSR count). The first kappa shape index (κ1) is 25.1. The number of carbonyl (C=O) groups is 2. The Balaban J connectivity index is 2.11. The van der Waals surface area contributed by atoms with E-state index in [1.54, 1.807) is 12.1 Å². The summed E-state index contributed by atoms with van der Waals surface area (Å²) in [5, 5.41) is 31.2. The lowest BCUT2D eigenvalue weighted by molar-refractivity contribution is -0.384. The van der Waals surface area contributed by atoms with E-state index in [9.17, 15) is 24.8 Å². The van der Waals surface area contributed by atoms with Crippen molar-refractivity contribution in [3.8, 4) is 0 Å². The minimum absolute atomic E-state index is 0.0575. The molecule has 1 unspecified atom stereocenters. The molecule has 1 aliphatic heterocycles. The average molecular weight is 469 g/mol. The lowest BCUT2D eigenvalue weighted by atomic mass is 9.85. The quantitative estimate of drug-likeness (QED) is 0.152. The van der Waals surface area contributed by atoms with E-state index in [-0.39, 0.29) is 48.6 Å². The Hall–Kier alpha value is -3.56. The van der Waals surface area contributed by atoms with Crippen molar-refractivity contribution in [2.75, 3.05) is 26.4 Å². The highest BCUT2D eigenvalue weighted by atomic mass is 16.6. The molecule has 2 aromatic carbocycles. The van der Waals surface area contributed by atoms with Gasteiger partial charge in [-0.25, -0.2) is 0 Å². The molecule has 0 aliphatic carbocycles. The summed E-state index contributed by atoms with van der Waals surface area (Å²) in [6.45, 7) is 6.24. The van der Waals surface area contributed by atoms with E-state index in [1.807, 2.05) is 12.1 Å². The number of likely N-dealkylation sites (tertiary alicyclic amines) is 1. The summed E-state index contributed by atoms with van der Waals surface area (Å²) < 4.78 is 5.29. The zero-order chi connectivity index (χ0) is 25.0. The number of ether oxygens (including phenoxy) is 1. The molecule has 9 nitrogen and oxygen atoms in total. The lowest BCUT2D eigenvalue weighted by Crippen LogP contribution is -2.33. The maximum absolute atomic E-state index is 13.0. The number of aliphatic hydroxyl groups is 2. The van der Waals surface area contributed by atoms with Crippen molar-refractivity contribution >= 4 is 23.1 Å². The minimum atomic E-state index is -0.897. The molecule has 1 atom stereocenters. The third-order valence-electron chi connectivity index (χ3n) is 5.67. The molecule has 9 heteroatoms. The summed E-state index contributed by atoms with van der Waals surface area (Å²) in [6.07, 6.45) is 0. The van der Waals surface area contributed by atoms with Crippen molar-refractivity contribution in [2.45, 2.75) is 32.2 Å². The molecule has 1 amide bonds. The van der Waals surface area contributed by atoms with Gasteiger partial charge in [-0.05, 0) is 16.5 Å². The number of rotatable bonds is 8. The van der Waals surface area contributed by atoms with Gasteiger partial charge in [0.2, 0.25) is 0 Å². The van der Waals surface area contributed by atoms with E-state index >= 15 is 0 Å². The van der Waals surface area contributed by atoms with Crippen LogP contribution in [-0.2, 0) is 19.7 Å². The fourth-order valence-corrected chi connectivity index (χ4v) is 3.87. The van der Waals surface area contributed by atoms with Crippen LogP contribution in [0.25, 0.3) is 5.76 Å². The third kappa shape index (κ3) is 5.16. The summed E-state index contributed by atoms with van der Waals surface area (Å²) in [5.41, 5.74) is 1.24. The zero-order valence-electron chi connectivity index (χ0n) is 19.4. The van der Waals surface area contributed by atoms with Crippen LogP contribution in [-0.4, -0.2) is 58.1 Å². The molecule has 0 aromatic heterocycles. The van der Waals surface area contributed by atoms with Gasteiger partial charge in [0.25, 0.3) is 17.4 Å². The highest BCUT2D eigenvalue weighted by molar-refractivity contribution is 6.46. The van der Waals surface area contributed by atoms with Gasteiger partial charge in [0.05, 0.1) is 36.4 Å². The second kappa shape index (κ2) is 10.1. The van der Waals surface area contributed by atoms with E-state index < -0.39 is 28.4 Å². The molecule has 2 N–H and O–H groups in total. The average Bonchev–Trinajstić information content (AvgIpc) is 3.06. The Bertz CT molecular complexity index is 1120. The number of hydrogen-bond donors (Lipinski definition) is 2. The van der Waals surface area contributed by atoms with Gasteiger partial charge in [0.15, 0.2) is 0 Å². The molecule has 2 aromatic rings. The van der Waals surface area contributed by atoms with Gasteiger partial charge in [0, 0.05) is 24.2 Å². The highest BCUT2D eigenvalue weighted by Crippen LogP contribution is 2.40. The van der Waals surface area contributed by atoms with Crippen LogP contribution in [0.5, 0.6) is 0 Å². The predicted molar refractivity (Wildman–Crippen MR) is 125 cm³/mol. The van der Waals surface area contributed by atoms with Crippen LogP contribution in [0, 0.1) is 10.1 Å². The smallest absolute Gasteiger partial charge is 0.295 e. The first-order valence-corrected chi connectivity index (χ1v) is 10.9. The molecule has 0 spiro atoms. The normalized spacial score (nSPS) is 17.9. The molecule has 0 bridgehead atoms. The molecule has 0 radical (unpaired) electrons. The Labute approximate surface area is 197 Å². The third-order valence-corrected chi connectivity index (χ3v) is 5.67. The second-order valence-electron chi connectivity index (χ2n) is 9.01. The maximum atomic E-state index is 13.0. The number of non-ortho nitro benzene ring substituents is 1. The lowest BCUT2D eigenvalue weighted by Gasteiger charge is -2.26. The van der Waals surface area contributed by atoms with Crippen LogP contribution in [0.3, 0.4) is 0 Å². The van der Waals surface area contributed by atoms with Crippen molar-refractivity contribution in [3.05, 3.63) is 80.9 Å². The van der Waals surface area contributed by atoms with Crippen LogP contribution in [0.2, 0.25) is 0 Å². The highest BCUT2D eigenvalue weighted by Gasteiger charge is 2.46. The van der Waals surface area contributed by atoms with Gasteiger partial charge in [0.1, 0.15) is 5.76 Å². The van der Waals surface area contributed by atoms with Crippen LogP contribution >= 0.6 is 0 Å². The van der Waals surface area contributed by atoms with E-state index in [0.29, 0.717) is 5.56 Å². The first-order chi connectivity index (χ1) is 16.1. The summed E-state index contributed by atoms with van der Waals surface area (Å²) in [7, 11) is 0. The molecule has 34 heavy (non-hydrogen) atoms. The number of carbonyl (C=O) groups excluding carboxylic acids is 2. The van der Waals surface area contributed by atoms with Gasteiger partial charge in [-0.3, -0.25) is 19.7 Å². The largest absolute Gasteiger partial charge is 0.507 e. The monoisotopic (exact) mass is 468 g/mol. The van der Waals surface area contributed by atoms with Gasteiger partial charge in [-0.1, -0.05) is 57.2 Å². The van der Waals surface area contributed by atoms with Crippen molar-refractivity contribution in [1.82, 2.24) is 4.90 Å². The van der Waals surface area contributed by atoms with Crippen molar-refractivity contribution in [1.29, 1.82) is 0 Å². The van der Waals surface area contributed by atoms with Gasteiger partial charge < -0.3 is 19.8 Å². The summed E-state index contributed by atoms with van der Waals surface area (Å²) in [4.78, 5) is 37.8.